The van der Waals surface area contributed by atoms with Crippen molar-refractivity contribution in [2.75, 3.05) is 0 Å². The van der Waals surface area contributed by atoms with Crippen LogP contribution in [0.3, 0.4) is 0 Å². The number of nitrogens with zero attached hydrogens (tertiary/aromatic N) is 4. The Labute approximate surface area is 80.7 Å². The Kier molecular flexibility index (Phi) is 2.40. The minimum Gasteiger partial charge on any atom is -0.336 e. The van der Waals surface area contributed by atoms with E-state index < -0.39 is 0 Å². The van der Waals surface area contributed by atoms with Crippen LogP contribution in [0.5, 0.6) is 0 Å². The summed E-state index contributed by atoms with van der Waals surface area (Å²) in [5.74, 6) is 0. The van der Waals surface area contributed by atoms with Gasteiger partial charge in [0.1, 0.15) is 0 Å². The fourth-order valence-electron chi connectivity index (χ4n) is 1.19. The normalized spacial score (nSPS) is 10.3. The molecule has 14 heavy (non-hydrogen) atoms. The summed E-state index contributed by atoms with van der Waals surface area (Å²) in [4.78, 5) is 19.1. The third kappa shape index (κ3) is 1.87. The minimum absolute atomic E-state index is 0.0277. The van der Waals surface area contributed by atoms with E-state index in [0.717, 1.165) is 6.54 Å². The molecule has 0 saturated heterocycles. The van der Waals surface area contributed by atoms with Gasteiger partial charge in [0.25, 0.3) is 5.56 Å². The number of aromatic nitrogens is 4. The van der Waals surface area contributed by atoms with Crippen molar-refractivity contribution in [3.63, 3.8) is 0 Å². The van der Waals surface area contributed by atoms with Crippen molar-refractivity contribution in [1.82, 2.24) is 19.1 Å². The zero-order chi connectivity index (χ0) is 9.80. The van der Waals surface area contributed by atoms with Crippen molar-refractivity contribution in [3.05, 3.63) is 47.7 Å². The van der Waals surface area contributed by atoms with Crippen LogP contribution in [0.4, 0.5) is 0 Å². The average molecular weight is 190 g/mol. The number of hydrogen-bond acceptors (Lipinski definition) is 3. The largest absolute Gasteiger partial charge is 0.336 e. The Morgan fingerprint density at radius 2 is 2.00 bits per heavy atom. The summed E-state index contributed by atoms with van der Waals surface area (Å²) >= 11 is 0. The monoisotopic (exact) mass is 190 g/mol. The van der Waals surface area contributed by atoms with Crippen molar-refractivity contribution >= 4 is 0 Å². The summed E-state index contributed by atoms with van der Waals surface area (Å²) in [5, 5.41) is 0. The molecule has 0 fully saturated rings. The van der Waals surface area contributed by atoms with E-state index >= 15 is 0 Å². The SMILES string of the molecule is O=c1ccncn1CCn1ccnc1. The number of aryl methyl sites for hydroxylation is 2. The molecule has 72 valence electrons. The first-order valence-electron chi connectivity index (χ1n) is 4.32. The van der Waals surface area contributed by atoms with Gasteiger partial charge in [-0.3, -0.25) is 9.36 Å². The van der Waals surface area contributed by atoms with E-state index in [9.17, 15) is 4.79 Å². The molecule has 0 saturated carbocycles. The lowest BCUT2D eigenvalue weighted by Crippen LogP contribution is -2.21. The van der Waals surface area contributed by atoms with Crippen LogP contribution in [0, 0.1) is 0 Å². The second-order valence-corrected chi connectivity index (χ2v) is 2.91. The van der Waals surface area contributed by atoms with Gasteiger partial charge in [0, 0.05) is 37.7 Å². The van der Waals surface area contributed by atoms with Gasteiger partial charge in [-0.2, -0.15) is 0 Å². The highest BCUT2D eigenvalue weighted by molar-refractivity contribution is 4.82. The molecule has 2 aromatic heterocycles. The molecule has 0 unspecified atom stereocenters. The molecule has 0 N–H and O–H groups in total. The zero-order valence-corrected chi connectivity index (χ0v) is 7.58. The fourth-order valence-corrected chi connectivity index (χ4v) is 1.19. The molecule has 0 amide bonds. The second-order valence-electron chi connectivity index (χ2n) is 2.91. The van der Waals surface area contributed by atoms with E-state index in [1.54, 1.807) is 23.4 Å². The van der Waals surface area contributed by atoms with Crippen molar-refractivity contribution in [2.24, 2.45) is 0 Å². The summed E-state index contributed by atoms with van der Waals surface area (Å²) in [5.41, 5.74) is -0.0277. The van der Waals surface area contributed by atoms with E-state index in [4.69, 9.17) is 0 Å². The molecule has 2 rings (SSSR count). The molecule has 0 aliphatic rings. The lowest BCUT2D eigenvalue weighted by molar-refractivity contribution is 0.558. The molecule has 0 aromatic carbocycles. The molecule has 0 aliphatic heterocycles. The van der Waals surface area contributed by atoms with Crippen molar-refractivity contribution < 1.29 is 0 Å². The van der Waals surface area contributed by atoms with Gasteiger partial charge in [0.15, 0.2) is 0 Å². The highest BCUT2D eigenvalue weighted by Gasteiger charge is 1.94. The van der Waals surface area contributed by atoms with Gasteiger partial charge in [-0.25, -0.2) is 9.97 Å². The van der Waals surface area contributed by atoms with Crippen LogP contribution < -0.4 is 5.56 Å². The van der Waals surface area contributed by atoms with Gasteiger partial charge in [0.05, 0.1) is 12.7 Å². The fraction of sp³-hybridized carbons (Fsp3) is 0.222. The third-order valence-corrected chi connectivity index (χ3v) is 1.95. The van der Waals surface area contributed by atoms with Crippen molar-refractivity contribution in [1.29, 1.82) is 0 Å². The Morgan fingerprint density at radius 1 is 1.14 bits per heavy atom. The van der Waals surface area contributed by atoms with Gasteiger partial charge >= 0.3 is 0 Å². The Balaban J connectivity index is 2.06. The smallest absolute Gasteiger partial charge is 0.253 e. The molecule has 2 aromatic rings. The average Bonchev–Trinajstić information content (AvgIpc) is 2.69. The topological polar surface area (TPSA) is 52.7 Å². The highest BCUT2D eigenvalue weighted by Crippen LogP contribution is 1.87. The van der Waals surface area contributed by atoms with Gasteiger partial charge in [0.2, 0.25) is 0 Å². The van der Waals surface area contributed by atoms with Crippen molar-refractivity contribution in [3.8, 4) is 0 Å². The quantitative estimate of drug-likeness (QED) is 0.691. The summed E-state index contributed by atoms with van der Waals surface area (Å²) < 4.78 is 3.49. The van der Waals surface area contributed by atoms with Crippen LogP contribution in [-0.4, -0.2) is 19.1 Å². The second kappa shape index (κ2) is 3.87. The maximum atomic E-state index is 11.3. The zero-order valence-electron chi connectivity index (χ0n) is 7.58. The van der Waals surface area contributed by atoms with Gasteiger partial charge < -0.3 is 4.57 Å². The van der Waals surface area contributed by atoms with Crippen LogP contribution in [0.25, 0.3) is 0 Å². The van der Waals surface area contributed by atoms with Crippen LogP contribution >= 0.6 is 0 Å². The molecule has 2 heterocycles. The maximum absolute atomic E-state index is 11.3. The van der Waals surface area contributed by atoms with Gasteiger partial charge in [-0.05, 0) is 0 Å². The Morgan fingerprint density at radius 3 is 2.71 bits per heavy atom. The third-order valence-electron chi connectivity index (χ3n) is 1.95. The van der Waals surface area contributed by atoms with E-state index in [0.29, 0.717) is 6.54 Å². The standard InChI is InChI=1S/C9H10N4O/c14-9-1-2-10-8-13(9)6-5-12-4-3-11-7-12/h1-4,7-8H,5-6H2. The Bertz CT molecular complexity index is 446. The van der Waals surface area contributed by atoms with Crippen LogP contribution in [0.2, 0.25) is 0 Å². The molecule has 0 spiro atoms. The Hall–Kier alpha value is -1.91. The first-order valence-corrected chi connectivity index (χ1v) is 4.32. The molecule has 0 radical (unpaired) electrons. The van der Waals surface area contributed by atoms with E-state index in [-0.39, 0.29) is 5.56 Å². The summed E-state index contributed by atoms with van der Waals surface area (Å²) in [6.45, 7) is 1.34. The predicted molar refractivity (Wildman–Crippen MR) is 50.7 cm³/mol. The molecule has 5 heteroatoms. The van der Waals surface area contributed by atoms with Crippen LogP contribution in [0.1, 0.15) is 0 Å². The number of hydrogen-bond donors (Lipinski definition) is 0. The molecule has 5 nitrogen and oxygen atoms in total. The minimum atomic E-state index is -0.0277. The molecule has 0 aliphatic carbocycles. The molecular weight excluding hydrogens is 180 g/mol. The first-order chi connectivity index (χ1) is 6.86. The molecule has 0 atom stereocenters. The highest BCUT2D eigenvalue weighted by atomic mass is 16.1. The summed E-state index contributed by atoms with van der Waals surface area (Å²) in [7, 11) is 0. The van der Waals surface area contributed by atoms with Crippen LogP contribution in [0.15, 0.2) is 42.1 Å². The van der Waals surface area contributed by atoms with Crippen LogP contribution in [-0.2, 0) is 13.1 Å². The van der Waals surface area contributed by atoms with E-state index in [1.165, 1.54) is 12.3 Å². The molecule has 0 bridgehead atoms. The maximum Gasteiger partial charge on any atom is 0.253 e. The van der Waals surface area contributed by atoms with E-state index in [2.05, 4.69) is 9.97 Å². The summed E-state index contributed by atoms with van der Waals surface area (Å²) in [6.07, 6.45) is 8.34. The first kappa shape index (κ1) is 8.68. The van der Waals surface area contributed by atoms with Gasteiger partial charge in [-0.15, -0.1) is 0 Å². The lowest BCUT2D eigenvalue weighted by atomic mass is 10.5. The van der Waals surface area contributed by atoms with Gasteiger partial charge in [-0.1, -0.05) is 0 Å². The van der Waals surface area contributed by atoms with E-state index in [1.807, 2.05) is 10.8 Å². The molecular formula is C9H10N4O. The summed E-state index contributed by atoms with van der Waals surface area (Å²) in [6, 6.07) is 1.45. The number of rotatable bonds is 3. The lowest BCUT2D eigenvalue weighted by Gasteiger charge is -2.04. The van der Waals surface area contributed by atoms with Crippen molar-refractivity contribution in [2.45, 2.75) is 13.1 Å². The number of imidazole rings is 1. The predicted octanol–water partition coefficient (Wildman–Crippen LogP) is 0.140.